The van der Waals surface area contributed by atoms with Gasteiger partial charge in [-0.05, 0) is 23.8 Å². The van der Waals surface area contributed by atoms with Gasteiger partial charge in [0.2, 0.25) is 5.88 Å². The van der Waals surface area contributed by atoms with Gasteiger partial charge in [0.25, 0.3) is 0 Å². The maximum atomic E-state index is 8.69. The minimum Gasteiger partial charge on any atom is -0.472 e. The predicted octanol–water partition coefficient (Wildman–Crippen LogP) is 3.84. The van der Waals surface area contributed by atoms with Crippen molar-refractivity contribution in [3.8, 4) is 11.9 Å². The van der Waals surface area contributed by atoms with Crippen LogP contribution in [0.25, 0.3) is 0 Å². The van der Waals surface area contributed by atoms with Crippen LogP contribution in [-0.4, -0.2) is 4.98 Å². The molecule has 1 aromatic heterocycles. The zero-order chi connectivity index (χ0) is 13.0. The Hall–Kier alpha value is -1.76. The molecule has 0 fully saturated rings. The van der Waals surface area contributed by atoms with Crippen molar-refractivity contribution in [2.75, 3.05) is 0 Å². The normalized spacial score (nSPS) is 9.83. The van der Waals surface area contributed by atoms with Crippen molar-refractivity contribution in [1.29, 1.82) is 5.26 Å². The Morgan fingerprint density at radius 3 is 2.78 bits per heavy atom. The van der Waals surface area contributed by atoms with Gasteiger partial charge in [0.15, 0.2) is 0 Å². The van der Waals surface area contributed by atoms with Crippen LogP contribution in [0.15, 0.2) is 36.5 Å². The summed E-state index contributed by atoms with van der Waals surface area (Å²) >= 11 is 11.8. The number of ether oxygens (including phenoxy) is 1. The fourth-order valence-corrected chi connectivity index (χ4v) is 1.80. The summed E-state index contributed by atoms with van der Waals surface area (Å²) in [5.41, 5.74) is 1.32. The van der Waals surface area contributed by atoms with Gasteiger partial charge in [-0.15, -0.1) is 0 Å². The van der Waals surface area contributed by atoms with E-state index in [1.165, 1.54) is 12.3 Å². The van der Waals surface area contributed by atoms with E-state index in [0.29, 0.717) is 28.1 Å². The second-order valence-electron chi connectivity index (χ2n) is 3.54. The number of hydrogen-bond donors (Lipinski definition) is 0. The van der Waals surface area contributed by atoms with E-state index in [0.717, 1.165) is 5.56 Å². The highest BCUT2D eigenvalue weighted by Gasteiger charge is 2.05. The first-order valence-electron chi connectivity index (χ1n) is 5.12. The lowest BCUT2D eigenvalue weighted by atomic mass is 10.2. The van der Waals surface area contributed by atoms with E-state index in [-0.39, 0.29) is 0 Å². The van der Waals surface area contributed by atoms with E-state index >= 15 is 0 Å². The Labute approximate surface area is 115 Å². The zero-order valence-electron chi connectivity index (χ0n) is 9.23. The van der Waals surface area contributed by atoms with E-state index in [1.54, 1.807) is 12.1 Å². The third-order valence-electron chi connectivity index (χ3n) is 2.20. The van der Waals surface area contributed by atoms with Crippen LogP contribution < -0.4 is 4.74 Å². The second-order valence-corrected chi connectivity index (χ2v) is 4.39. The highest BCUT2D eigenvalue weighted by molar-refractivity contribution is 6.32. The molecule has 0 bridgehead atoms. The molecule has 5 heteroatoms. The number of nitrogens with zero attached hydrogens (tertiary/aromatic N) is 2. The van der Waals surface area contributed by atoms with Gasteiger partial charge in [0.05, 0.1) is 5.56 Å². The van der Waals surface area contributed by atoms with Gasteiger partial charge in [-0.25, -0.2) is 4.98 Å². The summed E-state index contributed by atoms with van der Waals surface area (Å²) in [6.45, 7) is 0.319. The summed E-state index contributed by atoms with van der Waals surface area (Å²) in [5.74, 6) is 0.302. The summed E-state index contributed by atoms with van der Waals surface area (Å²) in [7, 11) is 0. The van der Waals surface area contributed by atoms with Gasteiger partial charge in [-0.2, -0.15) is 5.26 Å². The Balaban J connectivity index is 2.09. The van der Waals surface area contributed by atoms with E-state index in [1.807, 2.05) is 18.2 Å². The van der Waals surface area contributed by atoms with Crippen LogP contribution in [0.5, 0.6) is 5.88 Å². The summed E-state index contributed by atoms with van der Waals surface area (Å²) in [6.07, 6.45) is 1.42. The van der Waals surface area contributed by atoms with E-state index in [9.17, 15) is 0 Å². The lowest BCUT2D eigenvalue weighted by molar-refractivity contribution is 0.294. The topological polar surface area (TPSA) is 45.9 Å². The van der Waals surface area contributed by atoms with Crippen LogP contribution >= 0.6 is 23.2 Å². The standard InChI is InChI=1S/C13H8Cl2N2O/c14-11-3-1-2-9(4-11)8-18-13-12(15)5-10(6-16)7-17-13/h1-5,7H,8H2. The van der Waals surface area contributed by atoms with E-state index < -0.39 is 0 Å². The molecule has 0 N–H and O–H groups in total. The Kier molecular flexibility index (Phi) is 4.03. The smallest absolute Gasteiger partial charge is 0.232 e. The number of rotatable bonds is 3. The average Bonchev–Trinajstić information content (AvgIpc) is 2.37. The Bertz CT molecular complexity index is 608. The maximum Gasteiger partial charge on any atom is 0.232 e. The molecule has 1 aromatic carbocycles. The summed E-state index contributed by atoms with van der Waals surface area (Å²) < 4.78 is 5.47. The molecule has 3 nitrogen and oxygen atoms in total. The van der Waals surface area contributed by atoms with E-state index in [4.69, 9.17) is 33.2 Å². The molecule has 0 amide bonds. The van der Waals surface area contributed by atoms with E-state index in [2.05, 4.69) is 4.98 Å². The van der Waals surface area contributed by atoms with Gasteiger partial charge >= 0.3 is 0 Å². The minimum atomic E-state index is 0.302. The Morgan fingerprint density at radius 2 is 2.11 bits per heavy atom. The fourth-order valence-electron chi connectivity index (χ4n) is 1.37. The molecule has 18 heavy (non-hydrogen) atoms. The molecule has 0 unspecified atom stereocenters. The van der Waals surface area contributed by atoms with Crippen LogP contribution in [0.1, 0.15) is 11.1 Å². The van der Waals surface area contributed by atoms with Crippen molar-refractivity contribution in [2.24, 2.45) is 0 Å². The SMILES string of the molecule is N#Cc1cnc(OCc2cccc(Cl)c2)c(Cl)c1. The number of halogens is 2. The number of aromatic nitrogens is 1. The molecule has 0 aliphatic carbocycles. The molecular formula is C13H8Cl2N2O. The average molecular weight is 279 g/mol. The third-order valence-corrected chi connectivity index (χ3v) is 2.71. The highest BCUT2D eigenvalue weighted by Crippen LogP contribution is 2.23. The van der Waals surface area contributed by atoms with Crippen molar-refractivity contribution >= 4 is 23.2 Å². The highest BCUT2D eigenvalue weighted by atomic mass is 35.5. The van der Waals surface area contributed by atoms with Gasteiger partial charge in [0, 0.05) is 11.2 Å². The first kappa shape index (κ1) is 12.7. The van der Waals surface area contributed by atoms with Crippen LogP contribution in [-0.2, 0) is 6.61 Å². The molecule has 2 aromatic rings. The van der Waals surface area contributed by atoms with Gasteiger partial charge in [-0.1, -0.05) is 35.3 Å². The molecule has 0 aliphatic heterocycles. The lowest BCUT2D eigenvalue weighted by Crippen LogP contribution is -1.98. The van der Waals surface area contributed by atoms with Crippen molar-refractivity contribution in [3.05, 3.63) is 57.7 Å². The quantitative estimate of drug-likeness (QED) is 0.857. The van der Waals surface area contributed by atoms with Crippen molar-refractivity contribution < 1.29 is 4.74 Å². The number of nitriles is 1. The first-order chi connectivity index (χ1) is 8.69. The molecule has 0 saturated carbocycles. The van der Waals surface area contributed by atoms with Crippen LogP contribution in [0.4, 0.5) is 0 Å². The van der Waals surface area contributed by atoms with Crippen molar-refractivity contribution in [1.82, 2.24) is 4.98 Å². The monoisotopic (exact) mass is 278 g/mol. The van der Waals surface area contributed by atoms with Gasteiger partial charge < -0.3 is 4.74 Å². The van der Waals surface area contributed by atoms with Crippen LogP contribution in [0.3, 0.4) is 0 Å². The first-order valence-corrected chi connectivity index (χ1v) is 5.87. The van der Waals surface area contributed by atoms with Crippen LogP contribution in [0, 0.1) is 11.3 Å². The number of benzene rings is 1. The van der Waals surface area contributed by atoms with Gasteiger partial charge in [0.1, 0.15) is 17.7 Å². The molecular weight excluding hydrogens is 271 g/mol. The van der Waals surface area contributed by atoms with Crippen LogP contribution in [0.2, 0.25) is 10.0 Å². The van der Waals surface area contributed by atoms with Crippen molar-refractivity contribution in [3.63, 3.8) is 0 Å². The largest absolute Gasteiger partial charge is 0.472 e. The second kappa shape index (κ2) is 5.72. The summed E-state index contributed by atoms with van der Waals surface area (Å²) in [4.78, 5) is 3.98. The van der Waals surface area contributed by atoms with Crippen molar-refractivity contribution in [2.45, 2.75) is 6.61 Å². The summed E-state index contributed by atoms with van der Waals surface area (Å²) in [5, 5.41) is 9.65. The molecule has 0 spiro atoms. The lowest BCUT2D eigenvalue weighted by Gasteiger charge is -2.07. The minimum absolute atomic E-state index is 0.302. The maximum absolute atomic E-state index is 8.69. The molecule has 1 heterocycles. The fraction of sp³-hybridized carbons (Fsp3) is 0.0769. The van der Waals surface area contributed by atoms with Gasteiger partial charge in [-0.3, -0.25) is 0 Å². The molecule has 2 rings (SSSR count). The number of pyridine rings is 1. The third kappa shape index (κ3) is 3.13. The molecule has 0 radical (unpaired) electrons. The molecule has 0 aliphatic rings. The molecule has 90 valence electrons. The zero-order valence-corrected chi connectivity index (χ0v) is 10.7. The number of hydrogen-bond acceptors (Lipinski definition) is 3. The summed E-state index contributed by atoms with van der Waals surface area (Å²) in [6, 6.07) is 10.8. The predicted molar refractivity (Wildman–Crippen MR) is 69.7 cm³/mol. The molecule has 0 atom stereocenters. The Morgan fingerprint density at radius 1 is 1.28 bits per heavy atom. The molecule has 0 saturated heterocycles.